The fourth-order valence-electron chi connectivity index (χ4n) is 1.68. The molecule has 0 saturated heterocycles. The fourth-order valence-corrected chi connectivity index (χ4v) is 1.68. The number of aryl methyl sites for hydroxylation is 2. The molecule has 0 bridgehead atoms. The smallest absolute Gasteiger partial charge is 0.174 e. The number of anilines is 1. The normalized spacial score (nSPS) is 10.6. The van der Waals surface area contributed by atoms with Crippen LogP contribution in [0.5, 0.6) is 5.75 Å². The molecular formula is C12H14FN3O. The second kappa shape index (κ2) is 4.08. The van der Waals surface area contributed by atoms with Gasteiger partial charge in [-0.2, -0.15) is 5.10 Å². The Labute approximate surface area is 98.8 Å². The predicted octanol–water partition coefficient (Wildman–Crippen LogP) is 2.13. The molecule has 0 aliphatic carbocycles. The minimum atomic E-state index is -0.420. The summed E-state index contributed by atoms with van der Waals surface area (Å²) < 4.78 is 20.6. The van der Waals surface area contributed by atoms with Crippen LogP contribution in [0.2, 0.25) is 0 Å². The highest BCUT2D eigenvalue weighted by Crippen LogP contribution is 2.30. The van der Waals surface area contributed by atoms with Gasteiger partial charge in [-0.1, -0.05) is 0 Å². The maximum Gasteiger partial charge on any atom is 0.174 e. The van der Waals surface area contributed by atoms with Crippen molar-refractivity contribution in [2.45, 2.75) is 6.92 Å². The van der Waals surface area contributed by atoms with Crippen molar-refractivity contribution < 1.29 is 9.13 Å². The summed E-state index contributed by atoms with van der Waals surface area (Å²) in [6.45, 7) is 1.87. The van der Waals surface area contributed by atoms with Gasteiger partial charge in [0, 0.05) is 18.7 Å². The molecule has 5 heteroatoms. The molecule has 0 radical (unpaired) electrons. The number of ether oxygens (including phenoxy) is 1. The molecule has 1 aromatic carbocycles. The van der Waals surface area contributed by atoms with Crippen LogP contribution < -0.4 is 10.5 Å². The summed E-state index contributed by atoms with van der Waals surface area (Å²) in [5, 5.41) is 4.15. The van der Waals surface area contributed by atoms with E-state index in [2.05, 4.69) is 5.10 Å². The Kier molecular flexibility index (Phi) is 2.75. The summed E-state index contributed by atoms with van der Waals surface area (Å²) in [4.78, 5) is 0. The Bertz CT molecular complexity index is 544. The lowest BCUT2D eigenvalue weighted by Crippen LogP contribution is -1.97. The van der Waals surface area contributed by atoms with Gasteiger partial charge in [0.15, 0.2) is 11.6 Å². The summed E-state index contributed by atoms with van der Waals surface area (Å²) >= 11 is 0. The van der Waals surface area contributed by atoms with E-state index in [0.717, 1.165) is 5.56 Å². The van der Waals surface area contributed by atoms with E-state index < -0.39 is 5.82 Å². The van der Waals surface area contributed by atoms with Crippen LogP contribution in [0.3, 0.4) is 0 Å². The molecule has 0 fully saturated rings. The lowest BCUT2D eigenvalue weighted by molar-refractivity contribution is 0.387. The van der Waals surface area contributed by atoms with Gasteiger partial charge in [-0.3, -0.25) is 4.68 Å². The number of hydrogen-bond donors (Lipinski definition) is 1. The van der Waals surface area contributed by atoms with Crippen LogP contribution >= 0.6 is 0 Å². The Hall–Kier alpha value is -2.04. The number of nitrogens with zero attached hydrogens (tertiary/aromatic N) is 2. The second-order valence-corrected chi connectivity index (χ2v) is 3.91. The zero-order valence-electron chi connectivity index (χ0n) is 9.99. The third-order valence-electron chi connectivity index (χ3n) is 2.60. The van der Waals surface area contributed by atoms with Gasteiger partial charge in [0.25, 0.3) is 0 Å². The van der Waals surface area contributed by atoms with Gasteiger partial charge in [-0.05, 0) is 24.6 Å². The first-order chi connectivity index (χ1) is 8.02. The van der Waals surface area contributed by atoms with E-state index >= 15 is 0 Å². The fraction of sp³-hybridized carbons (Fsp3) is 0.250. The van der Waals surface area contributed by atoms with Crippen LogP contribution in [0.1, 0.15) is 5.56 Å². The average molecular weight is 235 g/mol. The lowest BCUT2D eigenvalue weighted by Gasteiger charge is -2.07. The van der Waals surface area contributed by atoms with E-state index in [1.54, 1.807) is 25.2 Å². The molecule has 0 unspecified atom stereocenters. The monoisotopic (exact) mass is 235 g/mol. The summed E-state index contributed by atoms with van der Waals surface area (Å²) in [6, 6.07) is 5.00. The molecule has 2 aromatic rings. The standard InChI is InChI=1S/C12H14FN3O/c1-7-4-8(12(13)10(5-7)17-3)9-6-11(14)16(2)15-9/h4-6H,14H2,1-3H3. The summed E-state index contributed by atoms with van der Waals surface area (Å²) in [7, 11) is 3.15. The van der Waals surface area contributed by atoms with Crippen molar-refractivity contribution in [3.8, 4) is 17.0 Å². The molecule has 0 aliphatic heterocycles. The van der Waals surface area contributed by atoms with Crippen molar-refractivity contribution in [3.05, 3.63) is 29.6 Å². The first kappa shape index (κ1) is 11.4. The van der Waals surface area contributed by atoms with Crippen LogP contribution in [0.25, 0.3) is 11.3 Å². The van der Waals surface area contributed by atoms with Gasteiger partial charge in [-0.25, -0.2) is 4.39 Å². The maximum atomic E-state index is 14.1. The summed E-state index contributed by atoms with van der Waals surface area (Å²) in [5.41, 5.74) is 7.49. The molecule has 2 N–H and O–H groups in total. The molecular weight excluding hydrogens is 221 g/mol. The molecule has 0 atom stereocenters. The van der Waals surface area contributed by atoms with E-state index in [1.165, 1.54) is 11.8 Å². The molecule has 0 spiro atoms. The van der Waals surface area contributed by atoms with Gasteiger partial charge >= 0.3 is 0 Å². The topological polar surface area (TPSA) is 53.1 Å². The van der Waals surface area contributed by atoms with Crippen LogP contribution in [-0.2, 0) is 7.05 Å². The van der Waals surface area contributed by atoms with Crippen molar-refractivity contribution in [3.63, 3.8) is 0 Å². The molecule has 2 rings (SSSR count). The lowest BCUT2D eigenvalue weighted by atomic mass is 10.1. The number of rotatable bonds is 2. The minimum absolute atomic E-state index is 0.212. The predicted molar refractivity (Wildman–Crippen MR) is 64.3 cm³/mol. The Balaban J connectivity index is 2.62. The van der Waals surface area contributed by atoms with Gasteiger partial charge in [-0.15, -0.1) is 0 Å². The van der Waals surface area contributed by atoms with E-state index in [9.17, 15) is 4.39 Å². The number of nitrogens with two attached hydrogens (primary N) is 1. The van der Waals surface area contributed by atoms with Gasteiger partial charge in [0.2, 0.25) is 0 Å². The largest absolute Gasteiger partial charge is 0.494 e. The van der Waals surface area contributed by atoms with Gasteiger partial charge in [0.1, 0.15) is 5.82 Å². The van der Waals surface area contributed by atoms with Gasteiger partial charge < -0.3 is 10.5 Å². The van der Waals surface area contributed by atoms with Crippen LogP contribution in [0.4, 0.5) is 10.2 Å². The molecule has 90 valence electrons. The third kappa shape index (κ3) is 1.95. The highest BCUT2D eigenvalue weighted by molar-refractivity contribution is 5.66. The van der Waals surface area contributed by atoms with Gasteiger partial charge in [0.05, 0.1) is 12.8 Å². The van der Waals surface area contributed by atoms with Crippen molar-refractivity contribution in [1.82, 2.24) is 9.78 Å². The zero-order valence-corrected chi connectivity index (χ0v) is 9.99. The van der Waals surface area contributed by atoms with Crippen molar-refractivity contribution in [2.24, 2.45) is 7.05 Å². The number of hydrogen-bond acceptors (Lipinski definition) is 3. The highest BCUT2D eigenvalue weighted by atomic mass is 19.1. The number of halogens is 1. The third-order valence-corrected chi connectivity index (χ3v) is 2.60. The molecule has 0 saturated carbocycles. The van der Waals surface area contributed by atoms with Crippen molar-refractivity contribution in [1.29, 1.82) is 0 Å². The van der Waals surface area contributed by atoms with Crippen LogP contribution in [0.15, 0.2) is 18.2 Å². The van der Waals surface area contributed by atoms with Crippen LogP contribution in [0, 0.1) is 12.7 Å². The highest BCUT2D eigenvalue weighted by Gasteiger charge is 2.15. The zero-order chi connectivity index (χ0) is 12.6. The van der Waals surface area contributed by atoms with Crippen molar-refractivity contribution in [2.75, 3.05) is 12.8 Å². The number of benzene rings is 1. The number of aromatic nitrogens is 2. The first-order valence-corrected chi connectivity index (χ1v) is 5.17. The molecule has 4 nitrogen and oxygen atoms in total. The Morgan fingerprint density at radius 3 is 2.59 bits per heavy atom. The Morgan fingerprint density at radius 1 is 1.35 bits per heavy atom. The van der Waals surface area contributed by atoms with E-state index in [4.69, 9.17) is 10.5 Å². The maximum absolute atomic E-state index is 14.1. The van der Waals surface area contributed by atoms with Crippen molar-refractivity contribution >= 4 is 5.82 Å². The van der Waals surface area contributed by atoms with Crippen LogP contribution in [-0.4, -0.2) is 16.9 Å². The summed E-state index contributed by atoms with van der Waals surface area (Å²) in [6.07, 6.45) is 0. The summed E-state index contributed by atoms with van der Waals surface area (Å²) in [5.74, 6) is 0.278. The second-order valence-electron chi connectivity index (χ2n) is 3.91. The minimum Gasteiger partial charge on any atom is -0.494 e. The molecule has 1 aromatic heterocycles. The van der Waals surface area contributed by atoms with E-state index in [0.29, 0.717) is 17.1 Å². The quantitative estimate of drug-likeness (QED) is 0.867. The molecule has 0 aliphatic rings. The number of methoxy groups -OCH3 is 1. The molecule has 0 amide bonds. The Morgan fingerprint density at radius 2 is 2.06 bits per heavy atom. The van der Waals surface area contributed by atoms with E-state index in [1.807, 2.05) is 6.92 Å². The first-order valence-electron chi connectivity index (χ1n) is 5.17. The SMILES string of the molecule is COc1cc(C)cc(-c2cc(N)n(C)n2)c1F. The van der Waals surface area contributed by atoms with E-state index in [-0.39, 0.29) is 5.75 Å². The average Bonchev–Trinajstić information content (AvgIpc) is 2.62. The number of nitrogen functional groups attached to an aromatic ring is 1. The molecule has 17 heavy (non-hydrogen) atoms. The molecule has 1 heterocycles.